The summed E-state index contributed by atoms with van der Waals surface area (Å²) < 4.78 is 5.29. The second kappa shape index (κ2) is 8.12. The highest BCUT2D eigenvalue weighted by atomic mass is 35.5. The number of nitrogens with one attached hydrogen (secondary N) is 1. The van der Waals surface area contributed by atoms with E-state index in [-0.39, 0.29) is 18.3 Å². The van der Waals surface area contributed by atoms with Crippen LogP contribution in [0, 0.1) is 0 Å². The van der Waals surface area contributed by atoms with E-state index in [4.69, 9.17) is 4.74 Å². The van der Waals surface area contributed by atoms with Crippen LogP contribution in [0.1, 0.15) is 30.1 Å². The first kappa shape index (κ1) is 16.8. The molecule has 5 heteroatoms. The van der Waals surface area contributed by atoms with Gasteiger partial charge < -0.3 is 15.0 Å². The molecule has 1 aromatic rings. The Hall–Kier alpha value is -1.26. The van der Waals surface area contributed by atoms with Gasteiger partial charge in [-0.1, -0.05) is 19.1 Å². The van der Waals surface area contributed by atoms with E-state index in [9.17, 15) is 4.79 Å². The van der Waals surface area contributed by atoms with Crippen LogP contribution in [0.3, 0.4) is 0 Å². The van der Waals surface area contributed by atoms with Crippen molar-refractivity contribution in [2.75, 3.05) is 26.7 Å². The Morgan fingerprint density at radius 1 is 1.45 bits per heavy atom. The molecule has 1 atom stereocenters. The Kier molecular flexibility index (Phi) is 6.82. The maximum atomic E-state index is 12.7. The van der Waals surface area contributed by atoms with Gasteiger partial charge in [0.15, 0.2) is 0 Å². The highest BCUT2D eigenvalue weighted by molar-refractivity contribution is 5.97. The largest absolute Gasteiger partial charge is 0.496 e. The number of hydrogen-bond donors (Lipinski definition) is 1. The monoisotopic (exact) mass is 298 g/mol. The zero-order valence-electron chi connectivity index (χ0n) is 12.1. The lowest BCUT2D eigenvalue weighted by atomic mass is 10.1. The van der Waals surface area contributed by atoms with E-state index in [0.29, 0.717) is 17.4 Å². The molecule has 1 amide bonds. The normalized spacial score (nSPS) is 17.4. The molecule has 20 heavy (non-hydrogen) atoms. The molecule has 0 saturated carbocycles. The van der Waals surface area contributed by atoms with Crippen LogP contribution in [0.4, 0.5) is 0 Å². The molecule has 2 rings (SSSR count). The molecule has 1 unspecified atom stereocenters. The molecule has 1 aliphatic heterocycles. The van der Waals surface area contributed by atoms with E-state index >= 15 is 0 Å². The van der Waals surface area contributed by atoms with Crippen molar-refractivity contribution < 1.29 is 9.53 Å². The molecule has 1 fully saturated rings. The molecule has 1 N–H and O–H groups in total. The molecule has 1 heterocycles. The first-order valence-corrected chi connectivity index (χ1v) is 6.92. The van der Waals surface area contributed by atoms with Gasteiger partial charge in [-0.2, -0.15) is 0 Å². The molecule has 0 spiro atoms. The van der Waals surface area contributed by atoms with Crippen molar-refractivity contribution in [3.8, 4) is 5.75 Å². The number of amides is 1. The lowest BCUT2D eigenvalue weighted by molar-refractivity contribution is 0.0689. The number of halogens is 1. The van der Waals surface area contributed by atoms with Crippen molar-refractivity contribution in [1.29, 1.82) is 0 Å². The van der Waals surface area contributed by atoms with Crippen molar-refractivity contribution in [1.82, 2.24) is 10.2 Å². The van der Waals surface area contributed by atoms with Gasteiger partial charge in [0.05, 0.1) is 12.7 Å². The highest BCUT2D eigenvalue weighted by Gasteiger charge is 2.27. The molecule has 4 nitrogen and oxygen atoms in total. The van der Waals surface area contributed by atoms with Crippen molar-refractivity contribution in [2.24, 2.45) is 0 Å². The highest BCUT2D eigenvalue weighted by Crippen LogP contribution is 2.22. The Bertz CT molecular complexity index is 434. The zero-order chi connectivity index (χ0) is 13.7. The summed E-state index contributed by atoms with van der Waals surface area (Å²) in [5, 5.41) is 3.32. The Morgan fingerprint density at radius 3 is 2.80 bits per heavy atom. The summed E-state index contributed by atoms with van der Waals surface area (Å²) in [5.41, 5.74) is 0.658. The molecule has 112 valence electrons. The molecule has 1 saturated heterocycles. The number of carbonyl (C=O) groups is 1. The summed E-state index contributed by atoms with van der Waals surface area (Å²) in [4.78, 5) is 14.7. The SMILES string of the molecule is CCCN(C(=O)c1ccccc1OC)C1CCNC1.Cl. The van der Waals surface area contributed by atoms with Crippen molar-refractivity contribution in [3.05, 3.63) is 29.8 Å². The van der Waals surface area contributed by atoms with Gasteiger partial charge in [-0.3, -0.25) is 4.79 Å². The van der Waals surface area contributed by atoms with Gasteiger partial charge in [-0.05, 0) is 31.5 Å². The number of methoxy groups -OCH3 is 1. The number of carbonyl (C=O) groups excluding carboxylic acids is 1. The minimum absolute atomic E-state index is 0. The van der Waals surface area contributed by atoms with Crippen LogP contribution in [0.25, 0.3) is 0 Å². The molecule has 1 aromatic carbocycles. The molecule has 0 bridgehead atoms. The minimum atomic E-state index is 0. The van der Waals surface area contributed by atoms with E-state index in [1.165, 1.54) is 0 Å². The Labute approximate surface area is 126 Å². The predicted octanol–water partition coefficient (Wildman–Crippen LogP) is 2.33. The average molecular weight is 299 g/mol. The van der Waals surface area contributed by atoms with Crippen LogP contribution < -0.4 is 10.1 Å². The number of para-hydroxylation sites is 1. The number of hydrogen-bond acceptors (Lipinski definition) is 3. The number of benzene rings is 1. The Morgan fingerprint density at radius 2 is 2.20 bits per heavy atom. The first-order valence-electron chi connectivity index (χ1n) is 6.92. The van der Waals surface area contributed by atoms with E-state index < -0.39 is 0 Å². The summed E-state index contributed by atoms with van der Waals surface area (Å²) in [6, 6.07) is 7.75. The predicted molar refractivity (Wildman–Crippen MR) is 82.8 cm³/mol. The molecule has 0 aliphatic carbocycles. The summed E-state index contributed by atoms with van der Waals surface area (Å²) in [6.45, 7) is 4.78. The smallest absolute Gasteiger partial charge is 0.257 e. The van der Waals surface area contributed by atoms with Crippen LogP contribution in [0.15, 0.2) is 24.3 Å². The van der Waals surface area contributed by atoms with E-state index in [2.05, 4.69) is 12.2 Å². The third-order valence-electron chi connectivity index (χ3n) is 3.54. The lowest BCUT2D eigenvalue weighted by Crippen LogP contribution is -2.42. The summed E-state index contributed by atoms with van der Waals surface area (Å²) >= 11 is 0. The summed E-state index contributed by atoms with van der Waals surface area (Å²) in [7, 11) is 1.60. The van der Waals surface area contributed by atoms with E-state index in [1.807, 2.05) is 29.2 Å². The molecule has 0 aromatic heterocycles. The lowest BCUT2D eigenvalue weighted by Gasteiger charge is -2.28. The zero-order valence-corrected chi connectivity index (χ0v) is 12.9. The van der Waals surface area contributed by atoms with Crippen molar-refractivity contribution >= 4 is 18.3 Å². The average Bonchev–Trinajstić information content (AvgIpc) is 2.98. The van der Waals surface area contributed by atoms with Crippen LogP contribution >= 0.6 is 12.4 Å². The van der Waals surface area contributed by atoms with E-state index in [0.717, 1.165) is 32.5 Å². The number of ether oxygens (including phenoxy) is 1. The van der Waals surface area contributed by atoms with Crippen molar-refractivity contribution in [2.45, 2.75) is 25.8 Å². The van der Waals surface area contributed by atoms with Crippen molar-refractivity contribution in [3.63, 3.8) is 0 Å². The molecule has 1 aliphatic rings. The fourth-order valence-corrected chi connectivity index (χ4v) is 2.57. The topological polar surface area (TPSA) is 41.6 Å². The van der Waals surface area contributed by atoms with Crippen LogP contribution in [0.2, 0.25) is 0 Å². The van der Waals surface area contributed by atoms with Crippen LogP contribution in [0.5, 0.6) is 5.75 Å². The fraction of sp³-hybridized carbons (Fsp3) is 0.533. The molecular weight excluding hydrogens is 276 g/mol. The van der Waals surface area contributed by atoms with E-state index in [1.54, 1.807) is 7.11 Å². The van der Waals surface area contributed by atoms with Crippen LogP contribution in [-0.4, -0.2) is 43.6 Å². The quantitative estimate of drug-likeness (QED) is 0.907. The summed E-state index contributed by atoms with van der Waals surface area (Å²) in [6.07, 6.45) is 2.00. The fourth-order valence-electron chi connectivity index (χ4n) is 2.57. The van der Waals surface area contributed by atoms with Gasteiger partial charge in [-0.25, -0.2) is 0 Å². The second-order valence-electron chi connectivity index (χ2n) is 4.85. The van der Waals surface area contributed by atoms with Crippen LogP contribution in [-0.2, 0) is 0 Å². The van der Waals surface area contributed by atoms with Gasteiger partial charge in [-0.15, -0.1) is 12.4 Å². The minimum Gasteiger partial charge on any atom is -0.496 e. The second-order valence-corrected chi connectivity index (χ2v) is 4.85. The van der Waals surface area contributed by atoms with Gasteiger partial charge in [0.1, 0.15) is 5.75 Å². The summed E-state index contributed by atoms with van der Waals surface area (Å²) in [5.74, 6) is 0.729. The molecular formula is C15H23ClN2O2. The Balaban J connectivity index is 0.00000200. The standard InChI is InChI=1S/C15H22N2O2.ClH/c1-3-10-17(12-8-9-16-11-12)15(18)13-6-4-5-7-14(13)19-2;/h4-7,12,16H,3,8-11H2,1-2H3;1H. The number of nitrogens with zero attached hydrogens (tertiary/aromatic N) is 1. The maximum absolute atomic E-state index is 12.7. The molecule has 0 radical (unpaired) electrons. The third-order valence-corrected chi connectivity index (χ3v) is 3.54. The van der Waals surface area contributed by atoms with Gasteiger partial charge in [0.25, 0.3) is 5.91 Å². The van der Waals surface area contributed by atoms with Gasteiger partial charge >= 0.3 is 0 Å². The number of rotatable bonds is 5. The third kappa shape index (κ3) is 3.64. The first-order chi connectivity index (χ1) is 9.27. The maximum Gasteiger partial charge on any atom is 0.257 e. The van der Waals surface area contributed by atoms with Gasteiger partial charge in [0.2, 0.25) is 0 Å². The van der Waals surface area contributed by atoms with Gasteiger partial charge in [0, 0.05) is 19.1 Å².